The molecular weight excluding hydrogens is 322 g/mol. The maximum absolute atomic E-state index is 12.1. The quantitative estimate of drug-likeness (QED) is 0.874. The molecule has 1 aliphatic rings. The molecule has 6 nitrogen and oxygen atoms in total. The van der Waals surface area contributed by atoms with Gasteiger partial charge in [-0.3, -0.25) is 4.98 Å². The second-order valence-corrected chi connectivity index (χ2v) is 6.85. The lowest BCUT2D eigenvalue weighted by Gasteiger charge is -2.17. The highest BCUT2D eigenvalue weighted by atomic mass is 32.1. The largest absolute Gasteiger partial charge is 0.348 e. The molecule has 0 aliphatic carbocycles. The average Bonchev–Trinajstić information content (AvgIpc) is 3.27. The summed E-state index contributed by atoms with van der Waals surface area (Å²) in [6.07, 6.45) is 6.76. The van der Waals surface area contributed by atoms with E-state index < -0.39 is 0 Å². The molecular formula is C17H23N5OS. The van der Waals surface area contributed by atoms with Crippen LogP contribution in [0.15, 0.2) is 29.9 Å². The fourth-order valence-electron chi connectivity index (χ4n) is 2.73. The Labute approximate surface area is 146 Å². The number of amides is 2. The third kappa shape index (κ3) is 4.44. The summed E-state index contributed by atoms with van der Waals surface area (Å²) in [6.45, 7) is 3.40. The molecule has 0 saturated carbocycles. The molecule has 0 spiro atoms. The summed E-state index contributed by atoms with van der Waals surface area (Å²) < 4.78 is 0. The zero-order valence-electron chi connectivity index (χ0n) is 13.9. The minimum atomic E-state index is -0.0678. The van der Waals surface area contributed by atoms with Crippen molar-refractivity contribution in [1.82, 2.24) is 20.2 Å². The van der Waals surface area contributed by atoms with E-state index in [0.29, 0.717) is 13.1 Å². The van der Waals surface area contributed by atoms with Gasteiger partial charge >= 0.3 is 6.03 Å². The van der Waals surface area contributed by atoms with Crippen LogP contribution in [0.3, 0.4) is 0 Å². The Balaban J connectivity index is 1.41. The van der Waals surface area contributed by atoms with Crippen LogP contribution >= 0.6 is 11.3 Å². The molecule has 0 aromatic carbocycles. The van der Waals surface area contributed by atoms with Crippen LogP contribution in [-0.4, -0.2) is 47.6 Å². The molecule has 0 bridgehead atoms. The molecule has 3 heterocycles. The lowest BCUT2D eigenvalue weighted by Crippen LogP contribution is -2.37. The van der Waals surface area contributed by atoms with E-state index in [4.69, 9.17) is 0 Å². The number of rotatable bonds is 6. The third-order valence-electron chi connectivity index (χ3n) is 4.09. The van der Waals surface area contributed by atoms with E-state index in [2.05, 4.69) is 25.6 Å². The Kier molecular flexibility index (Phi) is 5.63. The molecule has 128 valence electrons. The van der Waals surface area contributed by atoms with Gasteiger partial charge in [0.1, 0.15) is 0 Å². The fraction of sp³-hybridized carbons (Fsp3) is 0.471. The van der Waals surface area contributed by atoms with Crippen molar-refractivity contribution in [3.8, 4) is 0 Å². The first-order chi connectivity index (χ1) is 11.7. The standard InChI is InChI=1S/C17H23N5OS/c1-21(12-14-4-7-18-8-5-14)16(23)19-9-6-15-13-24-17(20-15)22-10-2-3-11-22/h4-5,7-8,13H,2-3,6,9-12H2,1H3,(H,19,23). The fourth-order valence-corrected chi connectivity index (χ4v) is 3.64. The number of nitrogens with one attached hydrogen (secondary N) is 1. The van der Waals surface area contributed by atoms with Crippen LogP contribution in [0.25, 0.3) is 0 Å². The summed E-state index contributed by atoms with van der Waals surface area (Å²) in [5.41, 5.74) is 2.12. The van der Waals surface area contributed by atoms with E-state index >= 15 is 0 Å². The van der Waals surface area contributed by atoms with Crippen molar-refractivity contribution in [2.24, 2.45) is 0 Å². The monoisotopic (exact) mass is 345 g/mol. The van der Waals surface area contributed by atoms with Gasteiger partial charge in [-0.05, 0) is 30.5 Å². The molecule has 2 aromatic rings. The maximum atomic E-state index is 12.1. The zero-order chi connectivity index (χ0) is 16.8. The predicted molar refractivity (Wildman–Crippen MR) is 96.4 cm³/mol. The molecule has 3 rings (SSSR count). The highest BCUT2D eigenvalue weighted by Gasteiger charge is 2.15. The highest BCUT2D eigenvalue weighted by molar-refractivity contribution is 7.13. The topological polar surface area (TPSA) is 61.4 Å². The Bertz CT molecular complexity index is 654. The number of nitrogens with zero attached hydrogens (tertiary/aromatic N) is 4. The molecule has 0 unspecified atom stereocenters. The molecule has 7 heteroatoms. The van der Waals surface area contributed by atoms with Crippen LogP contribution in [0.1, 0.15) is 24.1 Å². The van der Waals surface area contributed by atoms with Gasteiger partial charge in [0.05, 0.1) is 5.69 Å². The summed E-state index contributed by atoms with van der Waals surface area (Å²) in [4.78, 5) is 24.8. The first kappa shape index (κ1) is 16.7. The van der Waals surface area contributed by atoms with E-state index in [1.54, 1.807) is 35.7 Å². The molecule has 1 fully saturated rings. The van der Waals surface area contributed by atoms with Crippen molar-refractivity contribution < 1.29 is 4.79 Å². The van der Waals surface area contributed by atoms with Gasteiger partial charge in [-0.2, -0.15) is 0 Å². The molecule has 0 atom stereocenters. The van der Waals surface area contributed by atoms with E-state index in [-0.39, 0.29) is 6.03 Å². The third-order valence-corrected chi connectivity index (χ3v) is 5.04. The van der Waals surface area contributed by atoms with Gasteiger partial charge in [0.25, 0.3) is 0 Å². The van der Waals surface area contributed by atoms with Crippen LogP contribution in [0.2, 0.25) is 0 Å². The minimum absolute atomic E-state index is 0.0678. The number of hydrogen-bond donors (Lipinski definition) is 1. The van der Waals surface area contributed by atoms with Gasteiger partial charge in [0, 0.05) is 57.4 Å². The van der Waals surface area contributed by atoms with Crippen molar-refractivity contribution in [2.75, 3.05) is 31.6 Å². The highest BCUT2D eigenvalue weighted by Crippen LogP contribution is 2.24. The van der Waals surface area contributed by atoms with Crippen LogP contribution in [0, 0.1) is 0 Å². The molecule has 1 aliphatic heterocycles. The van der Waals surface area contributed by atoms with Crippen molar-refractivity contribution in [3.63, 3.8) is 0 Å². The van der Waals surface area contributed by atoms with E-state index in [1.807, 2.05) is 12.1 Å². The number of hydrogen-bond acceptors (Lipinski definition) is 5. The molecule has 1 saturated heterocycles. The lowest BCUT2D eigenvalue weighted by molar-refractivity contribution is 0.207. The first-order valence-electron chi connectivity index (χ1n) is 8.29. The van der Waals surface area contributed by atoms with Crippen LogP contribution in [0.5, 0.6) is 0 Å². The van der Waals surface area contributed by atoms with E-state index in [1.165, 1.54) is 12.8 Å². The van der Waals surface area contributed by atoms with Gasteiger partial charge in [0.15, 0.2) is 5.13 Å². The van der Waals surface area contributed by atoms with Crippen molar-refractivity contribution >= 4 is 22.5 Å². The van der Waals surface area contributed by atoms with Crippen molar-refractivity contribution in [3.05, 3.63) is 41.2 Å². The molecule has 1 N–H and O–H groups in total. The van der Waals surface area contributed by atoms with Crippen molar-refractivity contribution in [1.29, 1.82) is 0 Å². The number of urea groups is 1. The van der Waals surface area contributed by atoms with Gasteiger partial charge < -0.3 is 15.1 Å². The summed E-state index contributed by atoms with van der Waals surface area (Å²) in [6, 6.07) is 3.76. The summed E-state index contributed by atoms with van der Waals surface area (Å²) >= 11 is 1.70. The SMILES string of the molecule is CN(Cc1ccncc1)C(=O)NCCc1csc(N2CCCC2)n1. The average molecular weight is 345 g/mol. The second kappa shape index (κ2) is 8.10. The Hall–Kier alpha value is -2.15. The van der Waals surface area contributed by atoms with E-state index in [9.17, 15) is 4.79 Å². The second-order valence-electron chi connectivity index (χ2n) is 6.01. The van der Waals surface area contributed by atoms with Gasteiger partial charge in [0.2, 0.25) is 0 Å². The molecule has 0 radical (unpaired) electrons. The summed E-state index contributed by atoms with van der Waals surface area (Å²) in [7, 11) is 1.80. The van der Waals surface area contributed by atoms with Crippen molar-refractivity contribution in [2.45, 2.75) is 25.8 Å². The number of aromatic nitrogens is 2. The van der Waals surface area contributed by atoms with Gasteiger partial charge in [-0.25, -0.2) is 9.78 Å². The van der Waals surface area contributed by atoms with Gasteiger partial charge in [-0.1, -0.05) is 0 Å². The smallest absolute Gasteiger partial charge is 0.317 e. The molecule has 2 amide bonds. The lowest BCUT2D eigenvalue weighted by atomic mass is 10.2. The summed E-state index contributed by atoms with van der Waals surface area (Å²) in [5, 5.41) is 6.16. The zero-order valence-corrected chi connectivity index (χ0v) is 14.8. The number of thiazole rings is 1. The number of pyridine rings is 1. The molecule has 24 heavy (non-hydrogen) atoms. The predicted octanol–water partition coefficient (Wildman–Crippen LogP) is 2.52. The normalized spacial score (nSPS) is 14.0. The summed E-state index contributed by atoms with van der Waals surface area (Å²) in [5.74, 6) is 0. The Morgan fingerprint density at radius 3 is 2.83 bits per heavy atom. The Morgan fingerprint density at radius 1 is 1.33 bits per heavy atom. The van der Waals surface area contributed by atoms with Gasteiger partial charge in [-0.15, -0.1) is 11.3 Å². The van der Waals surface area contributed by atoms with E-state index in [0.717, 1.165) is 35.9 Å². The maximum Gasteiger partial charge on any atom is 0.317 e. The number of carbonyl (C=O) groups is 1. The Morgan fingerprint density at radius 2 is 2.08 bits per heavy atom. The number of anilines is 1. The van der Waals surface area contributed by atoms with Crippen LogP contribution in [-0.2, 0) is 13.0 Å². The minimum Gasteiger partial charge on any atom is -0.348 e. The molecule has 2 aromatic heterocycles. The first-order valence-corrected chi connectivity index (χ1v) is 9.17. The number of carbonyl (C=O) groups excluding carboxylic acids is 1. The van der Waals surface area contributed by atoms with Crippen LogP contribution in [0.4, 0.5) is 9.93 Å². The van der Waals surface area contributed by atoms with Crippen LogP contribution < -0.4 is 10.2 Å².